The van der Waals surface area contributed by atoms with Gasteiger partial charge in [0.05, 0.1) is 7.11 Å². The summed E-state index contributed by atoms with van der Waals surface area (Å²) in [6.07, 6.45) is -0.874. The maximum Gasteiger partial charge on any atom is 0.406 e. The van der Waals surface area contributed by atoms with Crippen LogP contribution in [0.15, 0.2) is 0 Å². The number of carbonyl (C=O) groups is 7. The summed E-state index contributed by atoms with van der Waals surface area (Å²) in [5.41, 5.74) is 0. The smallest absolute Gasteiger partial charge is 0.406 e. The zero-order valence-electron chi connectivity index (χ0n) is 21.3. The van der Waals surface area contributed by atoms with Crippen molar-refractivity contribution in [3.63, 3.8) is 0 Å². The van der Waals surface area contributed by atoms with E-state index in [2.05, 4.69) is 20.7 Å². The predicted molar refractivity (Wildman–Crippen MR) is 126 cm³/mol. The molecule has 208 valence electrons. The number of carbonyl (C=O) groups excluding carboxylic acids is 5. The van der Waals surface area contributed by atoms with Crippen LogP contribution in [0.3, 0.4) is 0 Å². The van der Waals surface area contributed by atoms with Crippen molar-refractivity contribution < 1.29 is 48.5 Å². The zero-order chi connectivity index (χ0) is 28.3. The third-order valence-corrected chi connectivity index (χ3v) is 5.60. The minimum atomic E-state index is -1.64. The second-order valence-corrected chi connectivity index (χ2v) is 8.67. The largest absolute Gasteiger partial charge is 0.481 e. The molecular formula is C22H35N5O10. The lowest BCUT2D eigenvalue weighted by Gasteiger charge is -2.35. The van der Waals surface area contributed by atoms with Gasteiger partial charge < -0.3 is 30.9 Å². The van der Waals surface area contributed by atoms with E-state index in [4.69, 9.17) is 5.11 Å². The molecule has 3 atom stereocenters. The van der Waals surface area contributed by atoms with E-state index >= 15 is 0 Å². The molecule has 15 nitrogen and oxygen atoms in total. The lowest BCUT2D eigenvalue weighted by atomic mass is 10.0. The number of nitrogens with zero attached hydrogens (tertiary/aromatic N) is 2. The number of aliphatic carboxylic acids is 2. The maximum absolute atomic E-state index is 13.1. The number of rotatable bonds is 15. The Kier molecular flexibility index (Phi) is 12.3. The van der Waals surface area contributed by atoms with E-state index in [0.717, 1.165) is 0 Å². The molecule has 0 spiro atoms. The van der Waals surface area contributed by atoms with Crippen molar-refractivity contribution in [2.75, 3.05) is 13.7 Å². The Balaban J connectivity index is 3.16. The van der Waals surface area contributed by atoms with Crippen LogP contribution in [0.25, 0.3) is 0 Å². The van der Waals surface area contributed by atoms with Gasteiger partial charge in [0.15, 0.2) is 0 Å². The molecule has 0 unspecified atom stereocenters. The van der Waals surface area contributed by atoms with Crippen LogP contribution >= 0.6 is 0 Å². The fraction of sp³-hybridized carbons (Fsp3) is 0.682. The molecule has 0 saturated carbocycles. The number of amides is 6. The van der Waals surface area contributed by atoms with Gasteiger partial charge in [0.1, 0.15) is 18.1 Å². The third-order valence-electron chi connectivity index (χ3n) is 5.60. The van der Waals surface area contributed by atoms with Gasteiger partial charge in [-0.15, -0.1) is 0 Å². The molecule has 0 aliphatic carbocycles. The van der Waals surface area contributed by atoms with Crippen molar-refractivity contribution in [2.45, 2.75) is 77.4 Å². The van der Waals surface area contributed by atoms with E-state index in [1.807, 2.05) is 0 Å². The highest BCUT2D eigenvalue weighted by atomic mass is 16.5. The Morgan fingerprint density at radius 3 is 2.30 bits per heavy atom. The monoisotopic (exact) mass is 529 g/mol. The number of urea groups is 1. The van der Waals surface area contributed by atoms with E-state index in [1.54, 1.807) is 13.8 Å². The third kappa shape index (κ3) is 8.91. The number of alkyl carbamates (subject to hydrolysis) is 1. The van der Waals surface area contributed by atoms with Crippen molar-refractivity contribution in [3.05, 3.63) is 0 Å². The molecule has 0 bridgehead atoms. The summed E-state index contributed by atoms with van der Waals surface area (Å²) in [4.78, 5) is 85.8. The van der Waals surface area contributed by atoms with Crippen LogP contribution in [0.2, 0.25) is 0 Å². The van der Waals surface area contributed by atoms with Gasteiger partial charge in [-0.25, -0.2) is 19.4 Å². The van der Waals surface area contributed by atoms with Crippen molar-refractivity contribution in [3.8, 4) is 0 Å². The standard InChI is InChI=1S/C22H35N5O10/c1-5-15(28)26(14(9-10-16(29)30)18(31)25-17(12(2)3)20(33)34)27-19(32)13(24-21(27)35)8-6-7-11-23-22(36)37-4/h12-14,17H,5-11H2,1-4H3,(H,23,36)(H,24,35)(H,25,31)(H,29,30)(H,33,34)/t13-,14-,17-/m0/s1. The molecule has 15 heteroatoms. The molecule has 1 aliphatic rings. The minimum Gasteiger partial charge on any atom is -0.481 e. The number of carboxylic acid groups (broad SMARTS) is 2. The first-order chi connectivity index (χ1) is 17.3. The molecule has 37 heavy (non-hydrogen) atoms. The molecule has 1 rings (SSSR count). The summed E-state index contributed by atoms with van der Waals surface area (Å²) in [6, 6.07) is -4.99. The number of hydrogen-bond acceptors (Lipinski definition) is 8. The van der Waals surface area contributed by atoms with Gasteiger partial charge in [-0.1, -0.05) is 20.8 Å². The maximum atomic E-state index is 13.1. The Bertz CT molecular complexity index is 893. The van der Waals surface area contributed by atoms with Gasteiger partial charge >= 0.3 is 24.1 Å². The molecule has 1 heterocycles. The van der Waals surface area contributed by atoms with Crippen LogP contribution in [0.4, 0.5) is 9.59 Å². The van der Waals surface area contributed by atoms with E-state index in [1.165, 1.54) is 14.0 Å². The molecule has 0 aromatic rings. The zero-order valence-corrected chi connectivity index (χ0v) is 21.3. The van der Waals surface area contributed by atoms with E-state index in [-0.39, 0.29) is 19.4 Å². The van der Waals surface area contributed by atoms with E-state index in [9.17, 15) is 38.7 Å². The van der Waals surface area contributed by atoms with Crippen LogP contribution in [0.5, 0.6) is 0 Å². The molecule has 1 aliphatic heterocycles. The van der Waals surface area contributed by atoms with Crippen LogP contribution < -0.4 is 16.0 Å². The Morgan fingerprint density at radius 1 is 1.14 bits per heavy atom. The van der Waals surface area contributed by atoms with Gasteiger partial charge in [0.25, 0.3) is 5.91 Å². The number of unbranched alkanes of at least 4 members (excludes halogenated alkanes) is 1. The van der Waals surface area contributed by atoms with Crippen molar-refractivity contribution in [1.29, 1.82) is 0 Å². The highest BCUT2D eigenvalue weighted by Crippen LogP contribution is 2.21. The van der Waals surface area contributed by atoms with Crippen molar-refractivity contribution in [1.82, 2.24) is 26.0 Å². The lowest BCUT2D eigenvalue weighted by molar-refractivity contribution is -0.164. The van der Waals surface area contributed by atoms with E-state index in [0.29, 0.717) is 22.9 Å². The molecule has 5 N–H and O–H groups in total. The number of imide groups is 1. The second-order valence-electron chi connectivity index (χ2n) is 8.67. The summed E-state index contributed by atoms with van der Waals surface area (Å²) in [7, 11) is 1.22. The summed E-state index contributed by atoms with van der Waals surface area (Å²) < 4.78 is 4.45. The molecule has 0 aromatic carbocycles. The van der Waals surface area contributed by atoms with Crippen molar-refractivity contribution in [2.24, 2.45) is 5.92 Å². The number of hydrazine groups is 1. The summed E-state index contributed by atoms with van der Waals surface area (Å²) in [5.74, 6) is -5.83. The van der Waals surface area contributed by atoms with Gasteiger partial charge in [-0.2, -0.15) is 5.01 Å². The predicted octanol–water partition coefficient (Wildman–Crippen LogP) is 0.0455. The highest BCUT2D eigenvalue weighted by Gasteiger charge is 2.47. The Morgan fingerprint density at radius 2 is 1.78 bits per heavy atom. The fourth-order valence-corrected chi connectivity index (χ4v) is 3.63. The molecule has 0 aromatic heterocycles. The minimum absolute atomic E-state index is 0.165. The summed E-state index contributed by atoms with van der Waals surface area (Å²) in [6.45, 7) is 4.79. The van der Waals surface area contributed by atoms with Crippen LogP contribution in [-0.4, -0.2) is 93.8 Å². The number of nitrogens with one attached hydrogen (secondary N) is 3. The fourth-order valence-electron chi connectivity index (χ4n) is 3.63. The first-order valence-electron chi connectivity index (χ1n) is 11.9. The van der Waals surface area contributed by atoms with Crippen LogP contribution in [0, 0.1) is 5.92 Å². The molecule has 1 saturated heterocycles. The van der Waals surface area contributed by atoms with Gasteiger partial charge in [0.2, 0.25) is 11.8 Å². The molecule has 0 radical (unpaired) electrons. The quantitative estimate of drug-likeness (QED) is 0.142. The van der Waals surface area contributed by atoms with Gasteiger partial charge in [0, 0.05) is 19.4 Å². The SMILES string of the molecule is CCC(=O)N([C@@H](CCC(=O)O)C(=O)N[C@H](C(=O)O)C(C)C)N1C(=O)N[C@@H](CCCCNC(=O)OC)C1=O. The number of ether oxygens (including phenoxy) is 1. The highest BCUT2D eigenvalue weighted by molar-refractivity contribution is 6.06. The normalized spacial score (nSPS) is 16.6. The lowest BCUT2D eigenvalue weighted by Crippen LogP contribution is -2.61. The molecule has 1 fully saturated rings. The van der Waals surface area contributed by atoms with E-state index < -0.39 is 78.7 Å². The van der Waals surface area contributed by atoms with Crippen LogP contribution in [-0.2, 0) is 28.7 Å². The number of carboxylic acids is 2. The molecule has 6 amide bonds. The summed E-state index contributed by atoms with van der Waals surface area (Å²) >= 11 is 0. The topological polar surface area (TPSA) is 212 Å². The average molecular weight is 530 g/mol. The van der Waals surface area contributed by atoms with Crippen molar-refractivity contribution >= 4 is 41.8 Å². The molecular weight excluding hydrogens is 494 g/mol. The van der Waals surface area contributed by atoms with Crippen LogP contribution in [0.1, 0.15) is 59.3 Å². The number of hydrogen-bond donors (Lipinski definition) is 5. The number of methoxy groups -OCH3 is 1. The second kappa shape index (κ2) is 14.6. The summed E-state index contributed by atoms with van der Waals surface area (Å²) in [5, 5.41) is 26.9. The first-order valence-corrected chi connectivity index (χ1v) is 11.9. The Hall–Kier alpha value is -3.91. The average Bonchev–Trinajstić information content (AvgIpc) is 3.10. The van der Waals surface area contributed by atoms with Gasteiger partial charge in [-0.3, -0.25) is 19.2 Å². The Labute approximate surface area is 213 Å². The van der Waals surface area contributed by atoms with Gasteiger partial charge in [-0.05, 0) is 31.6 Å². The first kappa shape index (κ1) is 31.1.